The second kappa shape index (κ2) is 8.88. The van der Waals surface area contributed by atoms with Crippen LogP contribution >= 0.6 is 11.6 Å². The summed E-state index contributed by atoms with van der Waals surface area (Å²) in [5.74, 6) is 0. The summed E-state index contributed by atoms with van der Waals surface area (Å²) in [6.07, 6.45) is 2.84. The van der Waals surface area contributed by atoms with Crippen LogP contribution in [0.15, 0.2) is 24.3 Å². The highest BCUT2D eigenvalue weighted by molar-refractivity contribution is 6.31. The first-order valence-corrected chi connectivity index (χ1v) is 9.56. The van der Waals surface area contributed by atoms with Crippen LogP contribution in [-0.4, -0.2) is 67.4 Å². The van der Waals surface area contributed by atoms with Gasteiger partial charge in [-0.25, -0.2) is 4.79 Å². The molecule has 1 aromatic carbocycles. The van der Waals surface area contributed by atoms with E-state index in [9.17, 15) is 4.79 Å². The van der Waals surface area contributed by atoms with Gasteiger partial charge in [0.1, 0.15) is 0 Å². The fraction of sp³-hybridized carbons (Fsp3) is 0.632. The number of morpholine rings is 1. The van der Waals surface area contributed by atoms with Crippen molar-refractivity contribution in [2.75, 3.05) is 39.4 Å². The molecule has 2 saturated heterocycles. The van der Waals surface area contributed by atoms with Crippen LogP contribution < -0.4 is 0 Å². The number of likely N-dealkylation sites (tertiary alicyclic amines) is 1. The molecule has 138 valence electrons. The highest BCUT2D eigenvalue weighted by Crippen LogP contribution is 2.23. The molecule has 1 aromatic rings. The van der Waals surface area contributed by atoms with Crippen LogP contribution in [0.2, 0.25) is 5.02 Å². The maximum Gasteiger partial charge on any atom is 0.409 e. The van der Waals surface area contributed by atoms with Crippen LogP contribution in [0, 0.1) is 0 Å². The largest absolute Gasteiger partial charge is 0.450 e. The van der Waals surface area contributed by atoms with E-state index in [1.807, 2.05) is 30.0 Å². The highest BCUT2D eigenvalue weighted by atomic mass is 35.5. The van der Waals surface area contributed by atoms with Gasteiger partial charge in [0.2, 0.25) is 0 Å². The SMILES string of the molecule is CCOC(=O)N1CCC(N2CCO[C@@H](Cc3ccccc3Cl)C2)CC1. The molecular weight excluding hydrogens is 340 g/mol. The average molecular weight is 367 g/mol. The summed E-state index contributed by atoms with van der Waals surface area (Å²) in [5, 5.41) is 0.811. The molecule has 1 amide bonds. The molecule has 0 spiro atoms. The summed E-state index contributed by atoms with van der Waals surface area (Å²) in [7, 11) is 0. The van der Waals surface area contributed by atoms with Gasteiger partial charge in [-0.3, -0.25) is 4.90 Å². The second-order valence-corrected chi connectivity index (χ2v) is 7.11. The Bertz CT molecular complexity index is 576. The van der Waals surface area contributed by atoms with E-state index in [1.54, 1.807) is 0 Å². The highest BCUT2D eigenvalue weighted by Gasteiger charge is 2.31. The van der Waals surface area contributed by atoms with Crippen molar-refractivity contribution in [1.29, 1.82) is 0 Å². The van der Waals surface area contributed by atoms with E-state index in [4.69, 9.17) is 21.1 Å². The minimum absolute atomic E-state index is 0.178. The van der Waals surface area contributed by atoms with Gasteiger partial charge < -0.3 is 14.4 Å². The summed E-state index contributed by atoms with van der Waals surface area (Å²) in [5.41, 5.74) is 1.15. The van der Waals surface area contributed by atoms with Gasteiger partial charge in [0, 0.05) is 43.7 Å². The van der Waals surface area contributed by atoms with Crippen LogP contribution in [0.1, 0.15) is 25.3 Å². The lowest BCUT2D eigenvalue weighted by Crippen LogP contribution is -2.52. The summed E-state index contributed by atoms with van der Waals surface area (Å²) in [4.78, 5) is 16.2. The number of piperidine rings is 1. The number of ether oxygens (including phenoxy) is 2. The van der Waals surface area contributed by atoms with Crippen molar-refractivity contribution >= 4 is 17.7 Å². The Kier molecular flexibility index (Phi) is 6.57. The molecule has 0 N–H and O–H groups in total. The van der Waals surface area contributed by atoms with Crippen molar-refractivity contribution in [3.8, 4) is 0 Å². The third-order valence-electron chi connectivity index (χ3n) is 5.08. The van der Waals surface area contributed by atoms with Crippen molar-refractivity contribution in [2.24, 2.45) is 0 Å². The molecule has 0 radical (unpaired) electrons. The molecule has 2 aliphatic rings. The second-order valence-electron chi connectivity index (χ2n) is 6.70. The predicted molar refractivity (Wildman–Crippen MR) is 98.1 cm³/mol. The zero-order valence-electron chi connectivity index (χ0n) is 14.8. The Morgan fingerprint density at radius 3 is 2.76 bits per heavy atom. The van der Waals surface area contributed by atoms with Crippen molar-refractivity contribution in [3.63, 3.8) is 0 Å². The Morgan fingerprint density at radius 1 is 1.28 bits per heavy atom. The maximum atomic E-state index is 11.8. The van der Waals surface area contributed by atoms with Crippen molar-refractivity contribution in [1.82, 2.24) is 9.80 Å². The van der Waals surface area contributed by atoms with Gasteiger partial charge >= 0.3 is 6.09 Å². The molecule has 0 saturated carbocycles. The zero-order chi connectivity index (χ0) is 17.6. The van der Waals surface area contributed by atoms with E-state index in [2.05, 4.69) is 11.0 Å². The number of hydrogen-bond acceptors (Lipinski definition) is 4. The number of carbonyl (C=O) groups excluding carboxylic acids is 1. The van der Waals surface area contributed by atoms with E-state index in [-0.39, 0.29) is 12.2 Å². The van der Waals surface area contributed by atoms with Gasteiger partial charge in [-0.05, 0) is 31.4 Å². The molecule has 2 heterocycles. The quantitative estimate of drug-likeness (QED) is 0.820. The monoisotopic (exact) mass is 366 g/mol. The fourth-order valence-corrected chi connectivity index (χ4v) is 3.95. The third-order valence-corrected chi connectivity index (χ3v) is 5.45. The molecule has 6 heteroatoms. The Hall–Kier alpha value is -1.30. The lowest BCUT2D eigenvalue weighted by Gasteiger charge is -2.42. The number of amides is 1. The number of carbonyl (C=O) groups is 1. The van der Waals surface area contributed by atoms with Crippen molar-refractivity contribution in [2.45, 2.75) is 38.3 Å². The zero-order valence-corrected chi connectivity index (χ0v) is 15.6. The van der Waals surface area contributed by atoms with Gasteiger partial charge in [-0.2, -0.15) is 0 Å². The Labute approximate surface area is 154 Å². The van der Waals surface area contributed by atoms with Crippen LogP contribution in [0.3, 0.4) is 0 Å². The molecule has 0 aliphatic carbocycles. The molecule has 2 fully saturated rings. The van der Waals surface area contributed by atoms with E-state index < -0.39 is 0 Å². The van der Waals surface area contributed by atoms with E-state index in [0.29, 0.717) is 12.6 Å². The Balaban J connectivity index is 1.51. The molecular formula is C19H27ClN2O3. The lowest BCUT2D eigenvalue weighted by molar-refractivity contribution is -0.0507. The minimum atomic E-state index is -0.181. The topological polar surface area (TPSA) is 42.0 Å². The maximum absolute atomic E-state index is 11.8. The molecule has 1 atom stereocenters. The smallest absolute Gasteiger partial charge is 0.409 e. The number of nitrogens with zero attached hydrogens (tertiary/aromatic N) is 2. The molecule has 0 aromatic heterocycles. The summed E-state index contributed by atoms with van der Waals surface area (Å²) < 4.78 is 11.1. The standard InChI is InChI=1S/C19H27ClN2O3/c1-2-24-19(23)21-9-7-16(8-10-21)22-11-12-25-17(14-22)13-15-5-3-4-6-18(15)20/h3-6,16-17H,2,7-14H2,1H3/t17-/m0/s1. The van der Waals surface area contributed by atoms with Gasteiger partial charge in [0.25, 0.3) is 0 Å². The average Bonchev–Trinajstić information content (AvgIpc) is 2.64. The van der Waals surface area contributed by atoms with Crippen LogP contribution in [0.4, 0.5) is 4.79 Å². The van der Waals surface area contributed by atoms with Gasteiger partial charge in [-0.1, -0.05) is 29.8 Å². The van der Waals surface area contributed by atoms with Crippen LogP contribution in [-0.2, 0) is 15.9 Å². The first-order chi connectivity index (χ1) is 12.2. The Morgan fingerprint density at radius 2 is 2.04 bits per heavy atom. The van der Waals surface area contributed by atoms with E-state index >= 15 is 0 Å². The number of rotatable bonds is 4. The molecule has 2 aliphatic heterocycles. The molecule has 0 unspecified atom stereocenters. The van der Waals surface area contributed by atoms with Crippen LogP contribution in [0.5, 0.6) is 0 Å². The van der Waals surface area contributed by atoms with Gasteiger partial charge in [-0.15, -0.1) is 0 Å². The number of halogens is 1. The lowest BCUT2D eigenvalue weighted by atomic mass is 10.0. The summed E-state index contributed by atoms with van der Waals surface area (Å²) in [6, 6.07) is 8.50. The summed E-state index contributed by atoms with van der Waals surface area (Å²) >= 11 is 6.28. The number of benzene rings is 1. The van der Waals surface area contributed by atoms with Crippen molar-refractivity contribution in [3.05, 3.63) is 34.9 Å². The van der Waals surface area contributed by atoms with Gasteiger partial charge in [0.05, 0.1) is 19.3 Å². The predicted octanol–water partition coefficient (Wildman–Crippen LogP) is 3.20. The summed E-state index contributed by atoms with van der Waals surface area (Å²) in [6.45, 7) is 6.47. The normalized spacial score (nSPS) is 22.8. The van der Waals surface area contributed by atoms with Crippen LogP contribution in [0.25, 0.3) is 0 Å². The number of hydrogen-bond donors (Lipinski definition) is 0. The fourth-order valence-electron chi connectivity index (χ4n) is 3.73. The van der Waals surface area contributed by atoms with Crippen molar-refractivity contribution < 1.29 is 14.3 Å². The molecule has 5 nitrogen and oxygen atoms in total. The molecule has 3 rings (SSSR count). The first-order valence-electron chi connectivity index (χ1n) is 9.18. The first kappa shape index (κ1) is 18.5. The molecule has 25 heavy (non-hydrogen) atoms. The van der Waals surface area contributed by atoms with E-state index in [1.165, 1.54) is 0 Å². The van der Waals surface area contributed by atoms with Gasteiger partial charge in [0.15, 0.2) is 0 Å². The molecule has 0 bridgehead atoms. The third kappa shape index (κ3) is 4.87. The minimum Gasteiger partial charge on any atom is -0.450 e. The van der Waals surface area contributed by atoms with E-state index in [0.717, 1.165) is 62.6 Å².